The van der Waals surface area contributed by atoms with Gasteiger partial charge in [0.25, 0.3) is 6.54 Å². The summed E-state index contributed by atoms with van der Waals surface area (Å²) in [7, 11) is 0. The SMILES string of the molecule is Fc1ccnc(-c2ccccc2)c1F.O=CF. The lowest BCUT2D eigenvalue weighted by Crippen LogP contribution is -1.92. The van der Waals surface area contributed by atoms with E-state index >= 15 is 0 Å². The minimum Gasteiger partial charge on any atom is -0.265 e. The maximum atomic E-state index is 13.2. The average molecular weight is 239 g/mol. The third kappa shape index (κ3) is 3.41. The van der Waals surface area contributed by atoms with E-state index in [1.165, 1.54) is 6.20 Å². The number of benzene rings is 1. The molecule has 1 aromatic heterocycles. The quantitative estimate of drug-likeness (QED) is 0.565. The number of nitrogens with zero attached hydrogens (tertiary/aromatic N) is 1. The van der Waals surface area contributed by atoms with Gasteiger partial charge in [-0.15, -0.1) is 0 Å². The Morgan fingerprint density at radius 1 is 1.06 bits per heavy atom. The molecule has 0 radical (unpaired) electrons. The summed E-state index contributed by atoms with van der Waals surface area (Å²) < 4.78 is 35.7. The molecule has 0 aliphatic carbocycles. The van der Waals surface area contributed by atoms with Gasteiger partial charge in [-0.3, -0.25) is 9.78 Å². The third-order valence-corrected chi connectivity index (χ3v) is 1.89. The molecule has 0 amide bonds. The molecular formula is C12H8F3NO. The first kappa shape index (κ1) is 12.9. The van der Waals surface area contributed by atoms with Crippen LogP contribution in [0, 0.1) is 11.6 Å². The van der Waals surface area contributed by atoms with Gasteiger partial charge in [0.1, 0.15) is 5.69 Å². The molecule has 88 valence electrons. The van der Waals surface area contributed by atoms with Crippen molar-refractivity contribution >= 4 is 6.54 Å². The monoisotopic (exact) mass is 239 g/mol. The van der Waals surface area contributed by atoms with Crippen molar-refractivity contribution in [1.29, 1.82) is 0 Å². The highest BCUT2D eigenvalue weighted by atomic mass is 19.2. The zero-order chi connectivity index (χ0) is 12.7. The Morgan fingerprint density at radius 3 is 2.24 bits per heavy atom. The number of hydrogen-bond donors (Lipinski definition) is 0. The maximum absolute atomic E-state index is 13.2. The normalized spacial score (nSPS) is 9.12. The molecule has 2 aromatic rings. The fraction of sp³-hybridized carbons (Fsp3) is 0. The zero-order valence-corrected chi connectivity index (χ0v) is 8.61. The van der Waals surface area contributed by atoms with E-state index in [4.69, 9.17) is 4.79 Å². The first-order chi connectivity index (χ1) is 8.20. The molecule has 0 spiro atoms. The van der Waals surface area contributed by atoms with Gasteiger partial charge in [-0.2, -0.15) is 4.39 Å². The molecule has 0 unspecified atom stereocenters. The van der Waals surface area contributed by atoms with Gasteiger partial charge in [-0.1, -0.05) is 30.3 Å². The van der Waals surface area contributed by atoms with E-state index in [-0.39, 0.29) is 5.69 Å². The molecule has 0 saturated carbocycles. The van der Waals surface area contributed by atoms with Crippen LogP contribution in [0.15, 0.2) is 42.6 Å². The Balaban J connectivity index is 0.000000437. The molecule has 1 heterocycles. The van der Waals surface area contributed by atoms with Crippen molar-refractivity contribution in [3.05, 3.63) is 54.2 Å². The van der Waals surface area contributed by atoms with Crippen molar-refractivity contribution in [1.82, 2.24) is 4.98 Å². The van der Waals surface area contributed by atoms with Crippen molar-refractivity contribution in [3.63, 3.8) is 0 Å². The summed E-state index contributed by atoms with van der Waals surface area (Å²) in [5.41, 5.74) is 0.620. The van der Waals surface area contributed by atoms with Crippen LogP contribution < -0.4 is 0 Å². The lowest BCUT2D eigenvalue weighted by Gasteiger charge is -2.01. The van der Waals surface area contributed by atoms with E-state index in [2.05, 4.69) is 4.98 Å². The molecule has 0 N–H and O–H groups in total. The topological polar surface area (TPSA) is 30.0 Å². The summed E-state index contributed by atoms with van der Waals surface area (Å²) in [6.07, 6.45) is 1.25. The smallest absolute Gasteiger partial charge is 0.265 e. The third-order valence-electron chi connectivity index (χ3n) is 1.89. The molecule has 2 nitrogen and oxygen atoms in total. The van der Waals surface area contributed by atoms with E-state index in [1.807, 2.05) is 0 Å². The molecule has 0 saturated heterocycles. The van der Waals surface area contributed by atoms with Crippen LogP contribution in [0.2, 0.25) is 0 Å². The van der Waals surface area contributed by atoms with E-state index < -0.39 is 18.2 Å². The van der Waals surface area contributed by atoms with E-state index in [0.717, 1.165) is 6.07 Å². The first-order valence-electron chi connectivity index (χ1n) is 4.60. The Hall–Kier alpha value is -2.17. The van der Waals surface area contributed by atoms with Gasteiger partial charge in [-0.05, 0) is 6.07 Å². The van der Waals surface area contributed by atoms with Gasteiger partial charge >= 0.3 is 0 Å². The molecule has 0 aliphatic heterocycles. The number of pyridine rings is 1. The average Bonchev–Trinajstić information content (AvgIpc) is 2.35. The van der Waals surface area contributed by atoms with Gasteiger partial charge in [-0.25, -0.2) is 8.78 Å². The molecule has 1 aromatic carbocycles. The highest BCUT2D eigenvalue weighted by molar-refractivity contribution is 5.59. The van der Waals surface area contributed by atoms with Gasteiger partial charge in [0, 0.05) is 11.8 Å². The van der Waals surface area contributed by atoms with Crippen molar-refractivity contribution in [2.24, 2.45) is 0 Å². The Bertz CT molecular complexity index is 488. The van der Waals surface area contributed by atoms with E-state index in [9.17, 15) is 13.2 Å². The highest BCUT2D eigenvalue weighted by Crippen LogP contribution is 2.20. The largest absolute Gasteiger partial charge is 0.289 e. The summed E-state index contributed by atoms with van der Waals surface area (Å²) in [6.45, 7) is -0.750. The molecule has 2 rings (SSSR count). The molecule has 5 heteroatoms. The second-order valence-corrected chi connectivity index (χ2v) is 2.91. The first-order valence-corrected chi connectivity index (χ1v) is 4.60. The maximum Gasteiger partial charge on any atom is 0.289 e. The predicted molar refractivity (Wildman–Crippen MR) is 57.4 cm³/mol. The fourth-order valence-electron chi connectivity index (χ4n) is 1.22. The van der Waals surface area contributed by atoms with Crippen molar-refractivity contribution < 1.29 is 18.0 Å². The van der Waals surface area contributed by atoms with Crippen LogP contribution in [0.5, 0.6) is 0 Å². The minimum atomic E-state index is -0.904. The lowest BCUT2D eigenvalue weighted by atomic mass is 10.1. The summed E-state index contributed by atoms with van der Waals surface area (Å²) in [4.78, 5) is 11.9. The summed E-state index contributed by atoms with van der Waals surface area (Å²) >= 11 is 0. The van der Waals surface area contributed by atoms with Gasteiger partial charge in [0.2, 0.25) is 0 Å². The summed E-state index contributed by atoms with van der Waals surface area (Å²) in [5, 5.41) is 0. The van der Waals surface area contributed by atoms with Gasteiger partial charge in [0.05, 0.1) is 0 Å². The zero-order valence-electron chi connectivity index (χ0n) is 8.61. The standard InChI is InChI=1S/C11H7F2N.CHFO/c12-9-6-7-14-11(10(9)13)8-4-2-1-3-5-8;2-1-3/h1-7H;1H. The number of rotatable bonds is 1. The van der Waals surface area contributed by atoms with Crippen LogP contribution in [0.4, 0.5) is 13.2 Å². The Labute approximate surface area is 95.7 Å². The Morgan fingerprint density at radius 2 is 1.65 bits per heavy atom. The fourth-order valence-corrected chi connectivity index (χ4v) is 1.22. The summed E-state index contributed by atoms with van der Waals surface area (Å²) in [5.74, 6) is -1.78. The molecule has 0 fully saturated rings. The number of carbonyl (C=O) groups excluding carboxylic acids is 1. The van der Waals surface area contributed by atoms with E-state index in [1.54, 1.807) is 30.3 Å². The van der Waals surface area contributed by atoms with Crippen LogP contribution in [-0.2, 0) is 4.79 Å². The molecule has 17 heavy (non-hydrogen) atoms. The van der Waals surface area contributed by atoms with Crippen LogP contribution in [0.1, 0.15) is 0 Å². The van der Waals surface area contributed by atoms with Gasteiger partial charge in [0.15, 0.2) is 11.6 Å². The van der Waals surface area contributed by atoms with Crippen molar-refractivity contribution in [2.45, 2.75) is 0 Å². The number of carbonyl (C=O) groups is 1. The number of halogens is 3. The van der Waals surface area contributed by atoms with Crippen LogP contribution in [0.25, 0.3) is 11.3 Å². The second kappa shape index (κ2) is 6.42. The summed E-state index contributed by atoms with van der Waals surface area (Å²) in [6, 6.07) is 9.68. The van der Waals surface area contributed by atoms with Gasteiger partial charge < -0.3 is 0 Å². The van der Waals surface area contributed by atoms with E-state index in [0.29, 0.717) is 5.56 Å². The second-order valence-electron chi connectivity index (χ2n) is 2.91. The molecule has 0 aliphatic rings. The van der Waals surface area contributed by atoms with Crippen LogP contribution in [-0.4, -0.2) is 11.5 Å². The molecule has 0 atom stereocenters. The minimum absolute atomic E-state index is 0.0469. The van der Waals surface area contributed by atoms with Crippen LogP contribution >= 0.6 is 0 Å². The Kier molecular flexibility index (Phi) is 4.87. The van der Waals surface area contributed by atoms with Crippen LogP contribution in [0.3, 0.4) is 0 Å². The number of aromatic nitrogens is 1. The highest BCUT2D eigenvalue weighted by Gasteiger charge is 2.09. The predicted octanol–water partition coefficient (Wildman–Crippen LogP) is 3.17. The van der Waals surface area contributed by atoms with Crippen molar-refractivity contribution in [3.8, 4) is 11.3 Å². The van der Waals surface area contributed by atoms with Crippen molar-refractivity contribution in [2.75, 3.05) is 0 Å². The number of hydrogen-bond acceptors (Lipinski definition) is 2. The lowest BCUT2D eigenvalue weighted by molar-refractivity contribution is 0.507. The molecule has 0 bridgehead atoms. The molecular weight excluding hydrogens is 231 g/mol.